The summed E-state index contributed by atoms with van der Waals surface area (Å²) in [6.45, 7) is 3.89. The van der Waals surface area contributed by atoms with Crippen molar-refractivity contribution in [3.63, 3.8) is 0 Å². The van der Waals surface area contributed by atoms with E-state index in [-0.39, 0.29) is 28.4 Å². The standard InChI is InChI=1S/C21H16F3N3O3/c1-2-9-26-12-16(15-5-3-4-6-18(15)26)20(30,21(22,23)24)14-7-8-17-13(10-14)11-25-27(17)19(28)29/h2-8,10-12,30H,1,9H2,(H,28,29). The van der Waals surface area contributed by atoms with Crippen LogP contribution in [0.1, 0.15) is 11.1 Å². The third kappa shape index (κ3) is 2.78. The van der Waals surface area contributed by atoms with E-state index in [4.69, 9.17) is 5.11 Å². The normalized spacial score (nSPS) is 14.1. The van der Waals surface area contributed by atoms with Gasteiger partial charge in [0, 0.05) is 34.6 Å². The topological polar surface area (TPSA) is 80.3 Å². The van der Waals surface area contributed by atoms with Crippen molar-refractivity contribution in [1.29, 1.82) is 0 Å². The van der Waals surface area contributed by atoms with Gasteiger partial charge < -0.3 is 14.8 Å². The number of hydrogen-bond acceptors (Lipinski definition) is 3. The van der Waals surface area contributed by atoms with Crippen LogP contribution < -0.4 is 0 Å². The average molecular weight is 415 g/mol. The predicted molar refractivity (Wildman–Crippen MR) is 104 cm³/mol. The van der Waals surface area contributed by atoms with E-state index < -0.39 is 23.4 Å². The molecule has 1 unspecified atom stereocenters. The zero-order chi connectivity index (χ0) is 21.7. The first-order valence-electron chi connectivity index (χ1n) is 8.88. The summed E-state index contributed by atoms with van der Waals surface area (Å²) in [5.41, 5.74) is -3.44. The van der Waals surface area contributed by atoms with Crippen molar-refractivity contribution >= 4 is 27.9 Å². The van der Waals surface area contributed by atoms with E-state index in [1.54, 1.807) is 28.8 Å². The van der Waals surface area contributed by atoms with Gasteiger partial charge in [0.25, 0.3) is 0 Å². The van der Waals surface area contributed by atoms with Crippen LogP contribution in [-0.2, 0) is 12.1 Å². The lowest BCUT2D eigenvalue weighted by atomic mass is 9.85. The number of aliphatic hydroxyl groups is 1. The number of hydrogen-bond donors (Lipinski definition) is 2. The number of benzene rings is 2. The molecule has 2 aromatic heterocycles. The predicted octanol–water partition coefficient (Wildman–Crippen LogP) is 4.50. The average Bonchev–Trinajstić information content (AvgIpc) is 3.28. The Morgan fingerprint density at radius 3 is 2.57 bits per heavy atom. The lowest BCUT2D eigenvalue weighted by Gasteiger charge is -2.31. The summed E-state index contributed by atoms with van der Waals surface area (Å²) < 4.78 is 45.2. The van der Waals surface area contributed by atoms with E-state index in [1.165, 1.54) is 18.3 Å². The van der Waals surface area contributed by atoms with Crippen LogP contribution in [0.25, 0.3) is 21.8 Å². The summed E-state index contributed by atoms with van der Waals surface area (Å²) in [5.74, 6) is 0. The third-order valence-corrected chi connectivity index (χ3v) is 5.08. The molecule has 0 bridgehead atoms. The van der Waals surface area contributed by atoms with Crippen LogP contribution >= 0.6 is 0 Å². The van der Waals surface area contributed by atoms with E-state index in [9.17, 15) is 23.1 Å². The van der Waals surface area contributed by atoms with Crippen LogP contribution in [0, 0.1) is 0 Å². The first kappa shape index (κ1) is 19.7. The molecule has 0 spiro atoms. The van der Waals surface area contributed by atoms with Crippen molar-refractivity contribution in [2.45, 2.75) is 18.3 Å². The van der Waals surface area contributed by atoms with Crippen molar-refractivity contribution in [2.75, 3.05) is 0 Å². The Kier molecular flexibility index (Phi) is 4.43. The zero-order valence-electron chi connectivity index (χ0n) is 15.5. The molecule has 2 aromatic carbocycles. The van der Waals surface area contributed by atoms with E-state index in [0.717, 1.165) is 18.3 Å². The minimum Gasteiger partial charge on any atom is -0.463 e. The molecule has 0 saturated carbocycles. The number of carbonyl (C=O) groups is 1. The maximum atomic E-state index is 14.3. The Morgan fingerprint density at radius 2 is 1.90 bits per heavy atom. The van der Waals surface area contributed by atoms with Gasteiger partial charge in [0.15, 0.2) is 0 Å². The molecular formula is C21H16F3N3O3. The summed E-state index contributed by atoms with van der Waals surface area (Å²) in [4.78, 5) is 11.2. The molecule has 0 aliphatic heterocycles. The van der Waals surface area contributed by atoms with E-state index in [1.807, 2.05) is 0 Å². The van der Waals surface area contributed by atoms with E-state index in [2.05, 4.69) is 11.7 Å². The van der Waals surface area contributed by atoms with Crippen molar-refractivity contribution < 1.29 is 28.2 Å². The number of allylic oxidation sites excluding steroid dienone is 1. The largest absolute Gasteiger partial charge is 0.463 e. The van der Waals surface area contributed by atoms with Gasteiger partial charge in [0.05, 0.1) is 11.7 Å². The van der Waals surface area contributed by atoms with Gasteiger partial charge in [-0.25, -0.2) is 4.79 Å². The molecule has 0 saturated heterocycles. The molecule has 6 nitrogen and oxygen atoms in total. The molecule has 30 heavy (non-hydrogen) atoms. The lowest BCUT2D eigenvalue weighted by molar-refractivity contribution is -0.247. The highest BCUT2D eigenvalue weighted by Crippen LogP contribution is 2.47. The molecule has 0 radical (unpaired) electrons. The first-order chi connectivity index (χ1) is 14.2. The fraction of sp³-hybridized carbons (Fsp3) is 0.143. The highest BCUT2D eigenvalue weighted by atomic mass is 19.4. The number of nitrogens with zero attached hydrogens (tertiary/aromatic N) is 3. The number of fused-ring (bicyclic) bond motifs is 2. The fourth-order valence-electron chi connectivity index (χ4n) is 3.71. The van der Waals surface area contributed by atoms with Crippen LogP contribution in [0.4, 0.5) is 18.0 Å². The first-order valence-corrected chi connectivity index (χ1v) is 8.88. The molecule has 2 N–H and O–H groups in total. The minimum atomic E-state index is -5.05. The summed E-state index contributed by atoms with van der Waals surface area (Å²) in [6, 6.07) is 9.85. The summed E-state index contributed by atoms with van der Waals surface area (Å²) in [6.07, 6.45) is -2.45. The minimum absolute atomic E-state index is 0.116. The van der Waals surface area contributed by atoms with Gasteiger partial charge in [0.1, 0.15) is 0 Å². The summed E-state index contributed by atoms with van der Waals surface area (Å²) in [5, 5.41) is 24.4. The number of aromatic nitrogens is 3. The number of para-hydroxylation sites is 1. The number of carboxylic acid groups (broad SMARTS) is 1. The molecule has 4 rings (SSSR count). The van der Waals surface area contributed by atoms with Gasteiger partial charge in [-0.3, -0.25) is 0 Å². The van der Waals surface area contributed by atoms with Crippen molar-refractivity contribution in [1.82, 2.24) is 14.3 Å². The van der Waals surface area contributed by atoms with Crippen molar-refractivity contribution in [2.24, 2.45) is 0 Å². The molecule has 0 aliphatic carbocycles. The van der Waals surface area contributed by atoms with Crippen molar-refractivity contribution in [3.05, 3.63) is 78.6 Å². The van der Waals surface area contributed by atoms with Crippen LogP contribution in [0.2, 0.25) is 0 Å². The third-order valence-electron chi connectivity index (χ3n) is 5.08. The van der Waals surface area contributed by atoms with E-state index in [0.29, 0.717) is 10.2 Å². The number of alkyl halides is 3. The van der Waals surface area contributed by atoms with Crippen molar-refractivity contribution in [3.8, 4) is 0 Å². The molecule has 4 aromatic rings. The molecule has 9 heteroatoms. The highest BCUT2D eigenvalue weighted by Gasteiger charge is 2.57. The molecule has 0 fully saturated rings. The summed E-state index contributed by atoms with van der Waals surface area (Å²) >= 11 is 0. The highest BCUT2D eigenvalue weighted by molar-refractivity contribution is 5.89. The Hall–Kier alpha value is -3.59. The SMILES string of the molecule is C=CCn1cc(C(O)(c2ccc3c(cnn3C(=O)O)c2)C(F)(F)F)c2ccccc21. The van der Waals surface area contributed by atoms with Crippen LogP contribution in [0.15, 0.2) is 67.5 Å². The molecule has 1 atom stereocenters. The number of halogens is 3. The zero-order valence-corrected chi connectivity index (χ0v) is 15.5. The maximum Gasteiger partial charge on any atom is 0.432 e. The molecule has 2 heterocycles. The Morgan fingerprint density at radius 1 is 1.17 bits per heavy atom. The monoisotopic (exact) mass is 415 g/mol. The lowest BCUT2D eigenvalue weighted by Crippen LogP contribution is -2.43. The molecule has 0 amide bonds. The van der Waals surface area contributed by atoms with Gasteiger partial charge in [-0.15, -0.1) is 6.58 Å². The van der Waals surface area contributed by atoms with Gasteiger partial charge in [-0.1, -0.05) is 30.3 Å². The van der Waals surface area contributed by atoms with Crippen LogP contribution in [0.5, 0.6) is 0 Å². The van der Waals surface area contributed by atoms with Gasteiger partial charge in [0.2, 0.25) is 5.60 Å². The molecule has 154 valence electrons. The smallest absolute Gasteiger partial charge is 0.432 e. The second-order valence-corrected chi connectivity index (χ2v) is 6.82. The quantitative estimate of drug-likeness (QED) is 0.481. The Bertz CT molecular complexity index is 1290. The summed E-state index contributed by atoms with van der Waals surface area (Å²) in [7, 11) is 0. The van der Waals surface area contributed by atoms with Gasteiger partial charge >= 0.3 is 12.3 Å². The fourth-order valence-corrected chi connectivity index (χ4v) is 3.71. The molecule has 0 aliphatic rings. The second-order valence-electron chi connectivity index (χ2n) is 6.82. The second kappa shape index (κ2) is 6.74. The Balaban J connectivity index is 2.00. The van der Waals surface area contributed by atoms with E-state index >= 15 is 0 Å². The van der Waals surface area contributed by atoms with Gasteiger partial charge in [-0.05, 0) is 23.8 Å². The van der Waals surface area contributed by atoms with Crippen LogP contribution in [0.3, 0.4) is 0 Å². The number of rotatable bonds is 4. The van der Waals surface area contributed by atoms with Gasteiger partial charge in [-0.2, -0.15) is 23.0 Å². The maximum absolute atomic E-state index is 14.3. The Labute approximate surface area is 168 Å². The van der Waals surface area contributed by atoms with Crippen LogP contribution in [-0.4, -0.2) is 36.8 Å². The molecular weight excluding hydrogens is 399 g/mol.